The molecule has 0 spiro atoms. The smallest absolute Gasteiger partial charge is 0.177 e. The van der Waals surface area contributed by atoms with Gasteiger partial charge < -0.3 is 4.90 Å². The van der Waals surface area contributed by atoms with E-state index < -0.39 is 0 Å². The first-order chi connectivity index (χ1) is 13.9. The number of aryl methyl sites for hydroxylation is 1. The van der Waals surface area contributed by atoms with Crippen LogP contribution in [0.4, 0.5) is 5.82 Å². The summed E-state index contributed by atoms with van der Waals surface area (Å²) < 4.78 is 1.96. The molecule has 0 radical (unpaired) electrons. The number of fused-ring (bicyclic) bond motifs is 1. The van der Waals surface area contributed by atoms with E-state index in [9.17, 15) is 0 Å². The third-order valence-electron chi connectivity index (χ3n) is 6.04. The lowest BCUT2D eigenvalue weighted by Gasteiger charge is -2.32. The predicted octanol–water partition coefficient (Wildman–Crippen LogP) is 3.78. The van der Waals surface area contributed by atoms with Crippen molar-refractivity contribution in [2.24, 2.45) is 0 Å². The maximum atomic E-state index is 4.87. The molecule has 3 aromatic rings. The van der Waals surface area contributed by atoms with E-state index >= 15 is 0 Å². The van der Waals surface area contributed by atoms with Gasteiger partial charge in [0.2, 0.25) is 0 Å². The van der Waals surface area contributed by atoms with E-state index in [-0.39, 0.29) is 5.41 Å². The fourth-order valence-electron chi connectivity index (χ4n) is 4.09. The number of piperidine rings is 1. The number of aromatic nitrogens is 6. The van der Waals surface area contributed by atoms with Gasteiger partial charge in [-0.3, -0.25) is 0 Å². The Bertz CT molecular complexity index is 1040. The van der Waals surface area contributed by atoms with Gasteiger partial charge in [0, 0.05) is 42.1 Å². The Morgan fingerprint density at radius 2 is 1.69 bits per heavy atom. The predicted molar refractivity (Wildman–Crippen MR) is 112 cm³/mol. The summed E-state index contributed by atoms with van der Waals surface area (Å²) in [6, 6.07) is 6.21. The van der Waals surface area contributed by atoms with Crippen molar-refractivity contribution >= 4 is 11.5 Å². The summed E-state index contributed by atoms with van der Waals surface area (Å²) >= 11 is 0. The first kappa shape index (κ1) is 18.5. The summed E-state index contributed by atoms with van der Waals surface area (Å²) in [6.07, 6.45) is 4.52. The van der Waals surface area contributed by atoms with Gasteiger partial charge in [0.05, 0.1) is 5.69 Å². The number of anilines is 1. The molecule has 3 aromatic heterocycles. The number of hydrogen-bond acceptors (Lipinski definition) is 6. The SMILES string of the molecule is Cc1cc(N2CCC(c3nnc4ccc(C(C)(C)C)nn34)CC2)nc(C2CC2)n1. The molecule has 2 fully saturated rings. The maximum absolute atomic E-state index is 4.87. The summed E-state index contributed by atoms with van der Waals surface area (Å²) in [4.78, 5) is 11.9. The first-order valence-corrected chi connectivity index (χ1v) is 10.7. The largest absolute Gasteiger partial charge is 0.356 e. The van der Waals surface area contributed by atoms with Crippen molar-refractivity contribution in [1.82, 2.24) is 29.8 Å². The first-order valence-electron chi connectivity index (χ1n) is 10.7. The van der Waals surface area contributed by atoms with Crippen molar-refractivity contribution in [3.05, 3.63) is 41.2 Å². The van der Waals surface area contributed by atoms with E-state index in [0.29, 0.717) is 11.8 Å². The Hall–Kier alpha value is -2.57. The summed E-state index contributed by atoms with van der Waals surface area (Å²) in [5.74, 6) is 4.05. The molecule has 1 saturated carbocycles. The molecule has 29 heavy (non-hydrogen) atoms. The second kappa shape index (κ2) is 6.75. The van der Waals surface area contributed by atoms with Gasteiger partial charge in [-0.1, -0.05) is 20.8 Å². The molecule has 1 saturated heterocycles. The van der Waals surface area contributed by atoms with Gasteiger partial charge in [-0.15, -0.1) is 10.2 Å². The van der Waals surface area contributed by atoms with Crippen LogP contribution in [0, 0.1) is 6.92 Å². The van der Waals surface area contributed by atoms with Gasteiger partial charge in [-0.25, -0.2) is 9.97 Å². The highest BCUT2D eigenvalue weighted by molar-refractivity contribution is 5.42. The Balaban J connectivity index is 1.36. The molecule has 0 aromatic carbocycles. The molecule has 2 aliphatic rings. The molecule has 1 aliphatic carbocycles. The third-order valence-corrected chi connectivity index (χ3v) is 6.04. The molecule has 0 bridgehead atoms. The van der Waals surface area contributed by atoms with Crippen LogP contribution in [0.5, 0.6) is 0 Å². The third kappa shape index (κ3) is 3.58. The Morgan fingerprint density at radius 3 is 2.38 bits per heavy atom. The minimum absolute atomic E-state index is 0.00321. The van der Waals surface area contributed by atoms with Crippen LogP contribution in [0.2, 0.25) is 0 Å². The van der Waals surface area contributed by atoms with Crippen LogP contribution in [-0.2, 0) is 5.41 Å². The highest BCUT2D eigenvalue weighted by Gasteiger charge is 2.30. The van der Waals surface area contributed by atoms with E-state index in [1.165, 1.54) is 12.8 Å². The highest BCUT2D eigenvalue weighted by Crippen LogP contribution is 2.39. The normalized spacial score (nSPS) is 18.6. The molecule has 4 heterocycles. The Kier molecular flexibility index (Phi) is 4.29. The van der Waals surface area contributed by atoms with Gasteiger partial charge in [-0.2, -0.15) is 9.61 Å². The van der Waals surface area contributed by atoms with E-state index in [4.69, 9.17) is 10.1 Å². The summed E-state index contributed by atoms with van der Waals surface area (Å²) in [7, 11) is 0. The average Bonchev–Trinajstić information content (AvgIpc) is 3.46. The van der Waals surface area contributed by atoms with Gasteiger partial charge in [0.15, 0.2) is 11.5 Å². The van der Waals surface area contributed by atoms with Crippen molar-refractivity contribution in [3.63, 3.8) is 0 Å². The lowest BCUT2D eigenvalue weighted by atomic mass is 9.92. The molecule has 7 nitrogen and oxygen atoms in total. The molecular formula is C22H29N7. The maximum Gasteiger partial charge on any atom is 0.177 e. The lowest BCUT2D eigenvalue weighted by molar-refractivity contribution is 0.470. The van der Waals surface area contributed by atoms with Gasteiger partial charge >= 0.3 is 0 Å². The van der Waals surface area contributed by atoms with Crippen molar-refractivity contribution in [2.45, 2.75) is 70.6 Å². The quantitative estimate of drug-likeness (QED) is 0.676. The lowest BCUT2D eigenvalue weighted by Crippen LogP contribution is -2.34. The van der Waals surface area contributed by atoms with E-state index in [2.05, 4.69) is 59.9 Å². The minimum atomic E-state index is 0.00321. The second-order valence-corrected chi connectivity index (χ2v) is 9.56. The molecule has 0 atom stereocenters. The van der Waals surface area contributed by atoms with E-state index in [0.717, 1.165) is 60.4 Å². The second-order valence-electron chi connectivity index (χ2n) is 9.56. The van der Waals surface area contributed by atoms with Crippen molar-refractivity contribution in [1.29, 1.82) is 0 Å². The zero-order valence-corrected chi connectivity index (χ0v) is 17.8. The molecule has 5 rings (SSSR count). The van der Waals surface area contributed by atoms with Gasteiger partial charge in [-0.05, 0) is 44.7 Å². The van der Waals surface area contributed by atoms with Crippen LogP contribution < -0.4 is 4.90 Å². The number of rotatable bonds is 3. The minimum Gasteiger partial charge on any atom is -0.356 e. The molecule has 1 aliphatic heterocycles. The van der Waals surface area contributed by atoms with Crippen LogP contribution in [-0.4, -0.2) is 42.9 Å². The van der Waals surface area contributed by atoms with E-state index in [1.54, 1.807) is 0 Å². The van der Waals surface area contributed by atoms with Crippen LogP contribution in [0.25, 0.3) is 5.65 Å². The molecule has 0 amide bonds. The van der Waals surface area contributed by atoms with Crippen LogP contribution >= 0.6 is 0 Å². The average molecular weight is 392 g/mol. The van der Waals surface area contributed by atoms with Crippen molar-refractivity contribution in [3.8, 4) is 0 Å². The van der Waals surface area contributed by atoms with Gasteiger partial charge in [0.25, 0.3) is 0 Å². The van der Waals surface area contributed by atoms with Gasteiger partial charge in [0.1, 0.15) is 11.6 Å². The Labute approximate surface area is 171 Å². The fraction of sp³-hybridized carbons (Fsp3) is 0.591. The van der Waals surface area contributed by atoms with Crippen LogP contribution in [0.3, 0.4) is 0 Å². The molecule has 7 heteroatoms. The summed E-state index contributed by atoms with van der Waals surface area (Å²) in [6.45, 7) is 10.6. The van der Waals surface area contributed by atoms with Crippen molar-refractivity contribution in [2.75, 3.05) is 18.0 Å². The number of nitrogens with zero attached hydrogens (tertiary/aromatic N) is 7. The molecular weight excluding hydrogens is 362 g/mol. The fourth-order valence-corrected chi connectivity index (χ4v) is 4.09. The zero-order valence-electron chi connectivity index (χ0n) is 17.8. The van der Waals surface area contributed by atoms with E-state index in [1.807, 2.05) is 10.6 Å². The Morgan fingerprint density at radius 1 is 0.931 bits per heavy atom. The summed E-state index contributed by atoms with van der Waals surface area (Å²) in [5.41, 5.74) is 2.97. The highest BCUT2D eigenvalue weighted by atomic mass is 15.4. The van der Waals surface area contributed by atoms with Crippen LogP contribution in [0.15, 0.2) is 18.2 Å². The molecule has 0 unspecified atom stereocenters. The van der Waals surface area contributed by atoms with Crippen LogP contribution in [0.1, 0.15) is 81.3 Å². The van der Waals surface area contributed by atoms with Crippen molar-refractivity contribution < 1.29 is 0 Å². The zero-order chi connectivity index (χ0) is 20.2. The monoisotopic (exact) mass is 391 g/mol. The molecule has 152 valence electrons. The summed E-state index contributed by atoms with van der Waals surface area (Å²) in [5, 5.41) is 13.7. The standard InChI is InChI=1S/C22H29N7/c1-14-13-19(24-20(23-14)15-5-6-15)28-11-9-16(10-12-28)21-26-25-18-8-7-17(22(2,3)4)27-29(18)21/h7-8,13,15-16H,5-6,9-12H2,1-4H3. The topological polar surface area (TPSA) is 72.1 Å². The molecule has 0 N–H and O–H groups in total. The number of hydrogen-bond donors (Lipinski definition) is 0.